The van der Waals surface area contributed by atoms with E-state index in [-0.39, 0.29) is 11.9 Å². The molecule has 2 aromatic rings. The number of carbonyl (C=O) groups excluding carboxylic acids is 1. The molecule has 2 aromatic carbocycles. The van der Waals surface area contributed by atoms with Crippen LogP contribution in [-0.4, -0.2) is 23.9 Å². The molecule has 1 amide bonds. The van der Waals surface area contributed by atoms with E-state index in [1.807, 2.05) is 37.4 Å². The monoisotopic (exact) mass is 336 g/mol. The van der Waals surface area contributed by atoms with Gasteiger partial charge in [0.2, 0.25) is 5.91 Å². The van der Waals surface area contributed by atoms with E-state index >= 15 is 0 Å². The summed E-state index contributed by atoms with van der Waals surface area (Å²) in [7, 11) is 2.03. The molecule has 0 aliphatic heterocycles. The Morgan fingerprint density at radius 2 is 1.68 bits per heavy atom. The Bertz CT molecular complexity index is 690. The molecule has 1 fully saturated rings. The standard InChI is InChI=1S/C22H28N2O/c1-16(2)18-11-9-17(10-12-18)15-24(3)21(19-7-5-4-6-8-19)22(25)23-20-13-14-20/h4-12,16,20-21H,13-15H2,1-3H3,(H,23,25)/t21-/m1/s1. The van der Waals surface area contributed by atoms with Gasteiger partial charge in [-0.15, -0.1) is 0 Å². The molecule has 0 spiro atoms. The van der Waals surface area contributed by atoms with E-state index in [0.717, 1.165) is 24.9 Å². The third-order valence-corrected chi connectivity index (χ3v) is 4.81. The second-order valence-electron chi connectivity index (χ2n) is 7.41. The topological polar surface area (TPSA) is 32.3 Å². The Balaban J connectivity index is 1.76. The summed E-state index contributed by atoms with van der Waals surface area (Å²) in [6.45, 7) is 5.15. The van der Waals surface area contributed by atoms with E-state index in [4.69, 9.17) is 0 Å². The number of nitrogens with zero attached hydrogens (tertiary/aromatic N) is 1. The van der Waals surface area contributed by atoms with Gasteiger partial charge in [-0.3, -0.25) is 9.69 Å². The maximum Gasteiger partial charge on any atom is 0.242 e. The van der Waals surface area contributed by atoms with Crippen molar-refractivity contribution in [3.8, 4) is 0 Å². The van der Waals surface area contributed by atoms with Gasteiger partial charge in [-0.1, -0.05) is 68.4 Å². The van der Waals surface area contributed by atoms with Crippen LogP contribution in [0.15, 0.2) is 54.6 Å². The van der Waals surface area contributed by atoms with E-state index in [0.29, 0.717) is 12.0 Å². The summed E-state index contributed by atoms with van der Waals surface area (Å²) in [5, 5.41) is 3.16. The average molecular weight is 336 g/mol. The molecule has 3 heteroatoms. The van der Waals surface area contributed by atoms with Crippen molar-refractivity contribution in [3.05, 3.63) is 71.3 Å². The van der Waals surface area contributed by atoms with Crippen LogP contribution in [-0.2, 0) is 11.3 Å². The molecule has 1 atom stereocenters. The first-order valence-corrected chi connectivity index (χ1v) is 9.19. The molecule has 0 radical (unpaired) electrons. The Kier molecular flexibility index (Phi) is 5.54. The van der Waals surface area contributed by atoms with Crippen LogP contribution in [0.4, 0.5) is 0 Å². The largest absolute Gasteiger partial charge is 0.352 e. The highest BCUT2D eigenvalue weighted by Gasteiger charge is 2.30. The van der Waals surface area contributed by atoms with E-state index in [1.165, 1.54) is 11.1 Å². The maximum absolute atomic E-state index is 12.8. The second kappa shape index (κ2) is 7.83. The SMILES string of the molecule is CC(C)c1ccc(CN(C)[C@@H](C(=O)NC2CC2)c2ccccc2)cc1. The fourth-order valence-corrected chi connectivity index (χ4v) is 3.14. The molecule has 1 aliphatic rings. The summed E-state index contributed by atoms with van der Waals surface area (Å²) in [5.41, 5.74) is 3.62. The number of rotatable bonds is 7. The molecule has 132 valence electrons. The first kappa shape index (κ1) is 17.7. The number of likely N-dealkylation sites (N-methyl/N-ethyl adjacent to an activating group) is 1. The summed E-state index contributed by atoms with van der Waals surface area (Å²) in [4.78, 5) is 15.0. The van der Waals surface area contributed by atoms with Crippen molar-refractivity contribution in [2.24, 2.45) is 0 Å². The van der Waals surface area contributed by atoms with Gasteiger partial charge in [0.1, 0.15) is 6.04 Å². The van der Waals surface area contributed by atoms with E-state index in [2.05, 4.69) is 48.3 Å². The molecule has 3 nitrogen and oxygen atoms in total. The quantitative estimate of drug-likeness (QED) is 0.819. The minimum absolute atomic E-state index is 0.106. The highest BCUT2D eigenvalue weighted by Crippen LogP contribution is 2.25. The van der Waals surface area contributed by atoms with Gasteiger partial charge < -0.3 is 5.32 Å². The smallest absolute Gasteiger partial charge is 0.242 e. The normalized spacial score (nSPS) is 15.4. The molecule has 25 heavy (non-hydrogen) atoms. The Labute approximate surface area is 151 Å². The van der Waals surface area contributed by atoms with Crippen LogP contribution in [0.2, 0.25) is 0 Å². The van der Waals surface area contributed by atoms with Crippen molar-refractivity contribution in [1.82, 2.24) is 10.2 Å². The average Bonchev–Trinajstić information content (AvgIpc) is 3.40. The Morgan fingerprint density at radius 1 is 1.04 bits per heavy atom. The van der Waals surface area contributed by atoms with Crippen LogP contribution < -0.4 is 5.32 Å². The van der Waals surface area contributed by atoms with Crippen molar-refractivity contribution >= 4 is 5.91 Å². The van der Waals surface area contributed by atoms with Gasteiger partial charge in [0, 0.05) is 12.6 Å². The lowest BCUT2D eigenvalue weighted by atomic mass is 10.0. The van der Waals surface area contributed by atoms with Crippen LogP contribution in [0, 0.1) is 0 Å². The molecule has 3 rings (SSSR count). The van der Waals surface area contributed by atoms with Crippen molar-refractivity contribution in [1.29, 1.82) is 0 Å². The molecule has 0 unspecified atom stereocenters. The fourth-order valence-electron chi connectivity index (χ4n) is 3.14. The van der Waals surface area contributed by atoms with Crippen LogP contribution in [0.3, 0.4) is 0 Å². The minimum Gasteiger partial charge on any atom is -0.352 e. The fraction of sp³-hybridized carbons (Fsp3) is 0.409. The summed E-state index contributed by atoms with van der Waals surface area (Å²) in [6.07, 6.45) is 2.21. The number of amides is 1. The van der Waals surface area contributed by atoms with Crippen LogP contribution in [0.1, 0.15) is 55.3 Å². The zero-order chi connectivity index (χ0) is 17.8. The predicted octanol–water partition coefficient (Wildman–Crippen LogP) is 4.26. The molecular formula is C22H28N2O. The molecule has 0 bridgehead atoms. The van der Waals surface area contributed by atoms with Gasteiger partial charge in [0.25, 0.3) is 0 Å². The molecular weight excluding hydrogens is 308 g/mol. The molecule has 1 aliphatic carbocycles. The first-order chi connectivity index (χ1) is 12.0. The van der Waals surface area contributed by atoms with Gasteiger partial charge in [0.05, 0.1) is 0 Å². The summed E-state index contributed by atoms with van der Waals surface area (Å²) >= 11 is 0. The number of carbonyl (C=O) groups is 1. The van der Waals surface area contributed by atoms with E-state index in [9.17, 15) is 4.79 Å². The zero-order valence-electron chi connectivity index (χ0n) is 15.4. The van der Waals surface area contributed by atoms with Crippen molar-refractivity contribution in [3.63, 3.8) is 0 Å². The number of hydrogen-bond donors (Lipinski definition) is 1. The lowest BCUT2D eigenvalue weighted by molar-refractivity contribution is -0.126. The minimum atomic E-state index is -0.258. The highest BCUT2D eigenvalue weighted by molar-refractivity contribution is 5.83. The maximum atomic E-state index is 12.8. The van der Waals surface area contributed by atoms with Gasteiger partial charge in [0.15, 0.2) is 0 Å². The lowest BCUT2D eigenvalue weighted by Gasteiger charge is -2.28. The molecule has 1 N–H and O–H groups in total. The Hall–Kier alpha value is -2.13. The molecule has 0 heterocycles. The Morgan fingerprint density at radius 3 is 2.24 bits per heavy atom. The van der Waals surface area contributed by atoms with E-state index in [1.54, 1.807) is 0 Å². The zero-order valence-corrected chi connectivity index (χ0v) is 15.4. The summed E-state index contributed by atoms with van der Waals surface area (Å²) < 4.78 is 0. The van der Waals surface area contributed by atoms with Gasteiger partial charge >= 0.3 is 0 Å². The van der Waals surface area contributed by atoms with Crippen molar-refractivity contribution < 1.29 is 4.79 Å². The molecule has 0 aromatic heterocycles. The van der Waals surface area contributed by atoms with Crippen molar-refractivity contribution in [2.45, 2.75) is 51.2 Å². The third kappa shape index (κ3) is 4.70. The van der Waals surface area contributed by atoms with Crippen LogP contribution in [0.25, 0.3) is 0 Å². The molecule has 1 saturated carbocycles. The second-order valence-corrected chi connectivity index (χ2v) is 7.41. The highest BCUT2D eigenvalue weighted by atomic mass is 16.2. The van der Waals surface area contributed by atoms with Gasteiger partial charge in [-0.2, -0.15) is 0 Å². The lowest BCUT2D eigenvalue weighted by Crippen LogP contribution is -2.39. The predicted molar refractivity (Wildman–Crippen MR) is 102 cm³/mol. The number of benzene rings is 2. The first-order valence-electron chi connectivity index (χ1n) is 9.19. The van der Waals surface area contributed by atoms with Gasteiger partial charge in [-0.05, 0) is 42.5 Å². The number of hydrogen-bond acceptors (Lipinski definition) is 2. The van der Waals surface area contributed by atoms with E-state index < -0.39 is 0 Å². The molecule has 0 saturated heterocycles. The third-order valence-electron chi connectivity index (χ3n) is 4.81. The van der Waals surface area contributed by atoms with Gasteiger partial charge in [-0.25, -0.2) is 0 Å². The van der Waals surface area contributed by atoms with Crippen molar-refractivity contribution in [2.75, 3.05) is 7.05 Å². The van der Waals surface area contributed by atoms with Crippen LogP contribution in [0.5, 0.6) is 0 Å². The van der Waals surface area contributed by atoms with Crippen LogP contribution >= 0.6 is 0 Å². The summed E-state index contributed by atoms with van der Waals surface area (Å²) in [6, 6.07) is 18.9. The number of nitrogens with one attached hydrogen (secondary N) is 1. The summed E-state index contributed by atoms with van der Waals surface area (Å²) in [5.74, 6) is 0.642.